The molecule has 0 atom stereocenters. The lowest BCUT2D eigenvalue weighted by atomic mass is 10.4. The molecule has 0 saturated heterocycles. The van der Waals surface area contributed by atoms with Crippen molar-refractivity contribution in [2.75, 3.05) is 19.1 Å². The molecule has 1 heterocycles. The molecule has 0 radical (unpaired) electrons. The minimum absolute atomic E-state index is 0.0253. The number of alkyl halides is 1. The highest BCUT2D eigenvalue weighted by Gasteiger charge is 1.96. The third-order valence-electron chi connectivity index (χ3n) is 1.65. The van der Waals surface area contributed by atoms with E-state index >= 15 is 0 Å². The normalized spacial score (nSPS) is 10.4. The minimum atomic E-state index is -0.0253. The number of nitrogens with zero attached hydrogens (tertiary/aromatic N) is 1. The van der Waals surface area contributed by atoms with E-state index < -0.39 is 0 Å². The smallest absolute Gasteiger partial charge is 0.250 e. The molecule has 14 heavy (non-hydrogen) atoms. The summed E-state index contributed by atoms with van der Waals surface area (Å²) in [5, 5.41) is 0. The molecular weight excluding hydrogens is 269 g/mol. The van der Waals surface area contributed by atoms with Crippen molar-refractivity contribution in [3.8, 4) is 0 Å². The summed E-state index contributed by atoms with van der Waals surface area (Å²) in [6.07, 6.45) is 1.74. The molecule has 0 N–H and O–H groups in total. The Morgan fingerprint density at radius 2 is 2.21 bits per heavy atom. The number of halogens is 2. The molecule has 0 bridgehead atoms. The van der Waals surface area contributed by atoms with Gasteiger partial charge in [-0.05, 0) is 22.0 Å². The monoisotopic (exact) mass is 279 g/mol. The first-order valence-corrected chi connectivity index (χ1v) is 5.56. The SMILES string of the molecule is O=c1ccc(Br)cn1CCOCCCl. The van der Waals surface area contributed by atoms with Gasteiger partial charge in [-0.1, -0.05) is 0 Å². The quantitative estimate of drug-likeness (QED) is 0.609. The van der Waals surface area contributed by atoms with Gasteiger partial charge in [-0.2, -0.15) is 0 Å². The van der Waals surface area contributed by atoms with Crippen LogP contribution in [0.4, 0.5) is 0 Å². The van der Waals surface area contributed by atoms with E-state index in [0.29, 0.717) is 25.6 Å². The Balaban J connectivity index is 2.49. The molecule has 3 nitrogen and oxygen atoms in total. The van der Waals surface area contributed by atoms with Crippen LogP contribution >= 0.6 is 27.5 Å². The van der Waals surface area contributed by atoms with Crippen LogP contribution in [0.1, 0.15) is 0 Å². The third-order valence-corrected chi connectivity index (χ3v) is 2.27. The highest BCUT2D eigenvalue weighted by atomic mass is 79.9. The predicted octanol–water partition coefficient (Wildman–Crippen LogP) is 1.87. The fourth-order valence-electron chi connectivity index (χ4n) is 0.996. The fraction of sp³-hybridized carbons (Fsp3) is 0.444. The van der Waals surface area contributed by atoms with Gasteiger partial charge in [-0.25, -0.2) is 0 Å². The van der Waals surface area contributed by atoms with Crippen LogP contribution in [0.5, 0.6) is 0 Å². The van der Waals surface area contributed by atoms with Crippen LogP contribution in [0.15, 0.2) is 27.6 Å². The van der Waals surface area contributed by atoms with Crippen molar-refractivity contribution in [3.05, 3.63) is 33.2 Å². The van der Waals surface area contributed by atoms with Crippen LogP contribution in [0.2, 0.25) is 0 Å². The van der Waals surface area contributed by atoms with Crippen LogP contribution in [0, 0.1) is 0 Å². The molecule has 0 aliphatic rings. The molecule has 1 aromatic heterocycles. The second kappa shape index (κ2) is 6.22. The van der Waals surface area contributed by atoms with E-state index in [1.807, 2.05) is 0 Å². The Kier molecular flexibility index (Phi) is 5.22. The minimum Gasteiger partial charge on any atom is -0.378 e. The molecule has 0 spiro atoms. The first-order chi connectivity index (χ1) is 6.74. The van der Waals surface area contributed by atoms with Crippen molar-refractivity contribution >= 4 is 27.5 Å². The van der Waals surface area contributed by atoms with Gasteiger partial charge in [0.25, 0.3) is 5.56 Å². The topological polar surface area (TPSA) is 31.2 Å². The number of hydrogen-bond donors (Lipinski definition) is 0. The van der Waals surface area contributed by atoms with Crippen molar-refractivity contribution in [3.63, 3.8) is 0 Å². The molecule has 0 aliphatic carbocycles. The van der Waals surface area contributed by atoms with Crippen molar-refractivity contribution in [1.82, 2.24) is 4.57 Å². The number of pyridine rings is 1. The average molecular weight is 281 g/mol. The zero-order valence-corrected chi connectivity index (χ0v) is 9.92. The molecular formula is C9H11BrClNO2. The Bertz CT molecular complexity index is 340. The second-order valence-electron chi connectivity index (χ2n) is 2.68. The standard InChI is InChI=1S/C9H11BrClNO2/c10-8-1-2-9(13)12(7-8)4-6-14-5-3-11/h1-2,7H,3-6H2. The number of aromatic nitrogens is 1. The average Bonchev–Trinajstić information content (AvgIpc) is 2.18. The molecule has 0 aromatic carbocycles. The summed E-state index contributed by atoms with van der Waals surface area (Å²) >= 11 is 8.74. The van der Waals surface area contributed by atoms with E-state index in [0.717, 1.165) is 4.47 Å². The van der Waals surface area contributed by atoms with Crippen molar-refractivity contribution < 1.29 is 4.74 Å². The largest absolute Gasteiger partial charge is 0.378 e. The van der Waals surface area contributed by atoms with Gasteiger partial charge in [0.05, 0.1) is 13.2 Å². The Labute approximate surface area is 95.8 Å². The van der Waals surface area contributed by atoms with E-state index in [4.69, 9.17) is 16.3 Å². The lowest BCUT2D eigenvalue weighted by Gasteiger charge is -2.05. The molecule has 0 fully saturated rings. The molecule has 0 amide bonds. The maximum absolute atomic E-state index is 11.3. The zero-order valence-electron chi connectivity index (χ0n) is 7.58. The second-order valence-corrected chi connectivity index (χ2v) is 3.97. The van der Waals surface area contributed by atoms with Crippen LogP contribution < -0.4 is 5.56 Å². The van der Waals surface area contributed by atoms with E-state index in [9.17, 15) is 4.79 Å². The highest BCUT2D eigenvalue weighted by Crippen LogP contribution is 2.04. The summed E-state index contributed by atoms with van der Waals surface area (Å²) in [6.45, 7) is 1.57. The number of rotatable bonds is 5. The van der Waals surface area contributed by atoms with E-state index in [-0.39, 0.29) is 5.56 Å². The maximum Gasteiger partial charge on any atom is 0.250 e. The Morgan fingerprint density at radius 1 is 1.43 bits per heavy atom. The lowest BCUT2D eigenvalue weighted by molar-refractivity contribution is 0.140. The van der Waals surface area contributed by atoms with Crippen LogP contribution in [0.25, 0.3) is 0 Å². The highest BCUT2D eigenvalue weighted by molar-refractivity contribution is 9.10. The van der Waals surface area contributed by atoms with E-state index in [1.54, 1.807) is 16.8 Å². The first-order valence-electron chi connectivity index (χ1n) is 4.24. The summed E-state index contributed by atoms with van der Waals surface area (Å²) in [7, 11) is 0. The van der Waals surface area contributed by atoms with Gasteiger partial charge in [-0.15, -0.1) is 11.6 Å². The molecule has 5 heteroatoms. The van der Waals surface area contributed by atoms with E-state index in [1.165, 1.54) is 6.07 Å². The summed E-state index contributed by atoms with van der Waals surface area (Å²) in [5.41, 5.74) is -0.0253. The third kappa shape index (κ3) is 3.82. The first kappa shape index (κ1) is 11.8. The van der Waals surface area contributed by atoms with E-state index in [2.05, 4.69) is 15.9 Å². The molecule has 78 valence electrons. The van der Waals surface area contributed by atoms with Gasteiger partial charge in [0.1, 0.15) is 0 Å². The van der Waals surface area contributed by atoms with Gasteiger partial charge in [-0.3, -0.25) is 4.79 Å². The lowest BCUT2D eigenvalue weighted by Crippen LogP contribution is -2.21. The van der Waals surface area contributed by atoms with Gasteiger partial charge in [0.15, 0.2) is 0 Å². The van der Waals surface area contributed by atoms with Gasteiger partial charge in [0, 0.05) is 29.2 Å². The molecule has 0 unspecified atom stereocenters. The number of hydrogen-bond acceptors (Lipinski definition) is 2. The van der Waals surface area contributed by atoms with Crippen LogP contribution in [0.3, 0.4) is 0 Å². The van der Waals surface area contributed by atoms with Crippen LogP contribution in [-0.4, -0.2) is 23.7 Å². The summed E-state index contributed by atoms with van der Waals surface area (Å²) < 4.78 is 7.65. The zero-order chi connectivity index (χ0) is 10.4. The van der Waals surface area contributed by atoms with Gasteiger partial charge < -0.3 is 9.30 Å². The molecule has 0 aliphatic heterocycles. The van der Waals surface area contributed by atoms with Crippen LogP contribution in [-0.2, 0) is 11.3 Å². The molecule has 1 rings (SSSR count). The number of ether oxygens (including phenoxy) is 1. The Morgan fingerprint density at radius 3 is 2.93 bits per heavy atom. The summed E-state index contributed by atoms with van der Waals surface area (Å²) in [4.78, 5) is 11.3. The van der Waals surface area contributed by atoms with Crippen molar-refractivity contribution in [2.24, 2.45) is 0 Å². The molecule has 0 saturated carbocycles. The fourth-order valence-corrected chi connectivity index (χ4v) is 1.48. The maximum atomic E-state index is 11.3. The van der Waals surface area contributed by atoms with Crippen molar-refractivity contribution in [1.29, 1.82) is 0 Å². The summed E-state index contributed by atoms with van der Waals surface area (Å²) in [5.74, 6) is 0.480. The van der Waals surface area contributed by atoms with Gasteiger partial charge in [0.2, 0.25) is 0 Å². The van der Waals surface area contributed by atoms with Crippen molar-refractivity contribution in [2.45, 2.75) is 6.54 Å². The summed E-state index contributed by atoms with van der Waals surface area (Å²) in [6, 6.07) is 3.24. The van der Waals surface area contributed by atoms with Gasteiger partial charge >= 0.3 is 0 Å². The molecule has 1 aromatic rings. The predicted molar refractivity (Wildman–Crippen MR) is 59.9 cm³/mol. The Hall–Kier alpha value is -0.320.